The van der Waals surface area contributed by atoms with Crippen molar-refractivity contribution in [3.05, 3.63) is 11.3 Å². The van der Waals surface area contributed by atoms with Crippen LogP contribution in [0.25, 0.3) is 0 Å². The van der Waals surface area contributed by atoms with E-state index < -0.39 is 0 Å². The third-order valence-electron chi connectivity index (χ3n) is 3.03. The molecule has 0 saturated heterocycles. The maximum Gasteiger partial charge on any atom is 0.130 e. The van der Waals surface area contributed by atoms with E-state index >= 15 is 0 Å². The van der Waals surface area contributed by atoms with Crippen LogP contribution in [0.5, 0.6) is 0 Å². The molecule has 0 aliphatic rings. The lowest BCUT2D eigenvalue weighted by atomic mass is 10.2. The number of alkyl halides is 1. The van der Waals surface area contributed by atoms with Crippen molar-refractivity contribution < 1.29 is 0 Å². The van der Waals surface area contributed by atoms with E-state index in [2.05, 4.69) is 53.7 Å². The molecule has 1 aromatic rings. The molecule has 1 aromatic heterocycles. The van der Waals surface area contributed by atoms with Crippen LogP contribution in [0, 0.1) is 6.92 Å². The van der Waals surface area contributed by atoms with Crippen molar-refractivity contribution in [2.75, 3.05) is 11.9 Å². The Morgan fingerprint density at radius 1 is 1.53 bits per heavy atom. The van der Waals surface area contributed by atoms with Gasteiger partial charge in [-0.3, -0.25) is 4.68 Å². The number of hydrogen-bond donors (Lipinski definition) is 0. The monoisotopic (exact) mass is 273 g/mol. The molecular formula is C11H20BrN3. The van der Waals surface area contributed by atoms with Gasteiger partial charge in [-0.15, -0.1) is 0 Å². The SMILES string of the molecule is CCC(C)N(C)c1c(CBr)c(C)nn1C. The van der Waals surface area contributed by atoms with Gasteiger partial charge in [0.2, 0.25) is 0 Å². The van der Waals surface area contributed by atoms with Gasteiger partial charge in [0, 0.05) is 31.0 Å². The first-order valence-corrected chi connectivity index (χ1v) is 6.46. The number of anilines is 1. The summed E-state index contributed by atoms with van der Waals surface area (Å²) in [6.07, 6.45) is 1.14. The fraction of sp³-hybridized carbons (Fsp3) is 0.727. The quantitative estimate of drug-likeness (QED) is 0.787. The fourth-order valence-corrected chi connectivity index (χ4v) is 2.43. The molecule has 0 radical (unpaired) electrons. The Bertz CT molecular complexity index is 333. The number of rotatable bonds is 4. The van der Waals surface area contributed by atoms with Gasteiger partial charge in [-0.25, -0.2) is 0 Å². The fourth-order valence-electron chi connectivity index (χ4n) is 1.77. The third-order valence-corrected chi connectivity index (χ3v) is 3.59. The average Bonchev–Trinajstić information content (AvgIpc) is 2.50. The Labute approximate surface area is 101 Å². The smallest absolute Gasteiger partial charge is 0.130 e. The summed E-state index contributed by atoms with van der Waals surface area (Å²) in [4.78, 5) is 2.30. The molecule has 1 rings (SSSR count). The number of hydrogen-bond acceptors (Lipinski definition) is 2. The summed E-state index contributed by atoms with van der Waals surface area (Å²) in [6, 6.07) is 0.539. The minimum absolute atomic E-state index is 0.539. The van der Waals surface area contributed by atoms with Crippen molar-refractivity contribution in [1.29, 1.82) is 0 Å². The molecule has 1 unspecified atom stereocenters. The van der Waals surface area contributed by atoms with Crippen molar-refractivity contribution >= 4 is 21.7 Å². The highest BCUT2D eigenvalue weighted by Gasteiger charge is 2.18. The van der Waals surface area contributed by atoms with Crippen molar-refractivity contribution in [2.24, 2.45) is 7.05 Å². The third kappa shape index (κ3) is 2.36. The minimum Gasteiger partial charge on any atom is -0.357 e. The second kappa shape index (κ2) is 5.01. The summed E-state index contributed by atoms with van der Waals surface area (Å²) < 4.78 is 1.97. The number of nitrogens with zero attached hydrogens (tertiary/aromatic N) is 3. The highest BCUT2D eigenvalue weighted by Crippen LogP contribution is 2.26. The van der Waals surface area contributed by atoms with Gasteiger partial charge in [-0.1, -0.05) is 22.9 Å². The first-order chi connectivity index (χ1) is 7.02. The highest BCUT2D eigenvalue weighted by atomic mass is 79.9. The van der Waals surface area contributed by atoms with Gasteiger partial charge in [0.15, 0.2) is 0 Å². The van der Waals surface area contributed by atoms with Gasteiger partial charge in [-0.05, 0) is 20.3 Å². The van der Waals surface area contributed by atoms with E-state index in [1.165, 1.54) is 11.4 Å². The minimum atomic E-state index is 0.539. The van der Waals surface area contributed by atoms with Crippen molar-refractivity contribution in [1.82, 2.24) is 9.78 Å². The lowest BCUT2D eigenvalue weighted by molar-refractivity contribution is 0.628. The number of halogens is 1. The van der Waals surface area contributed by atoms with Gasteiger partial charge < -0.3 is 4.90 Å². The maximum atomic E-state index is 4.46. The van der Waals surface area contributed by atoms with E-state index in [4.69, 9.17) is 0 Å². The predicted octanol–water partition coefficient (Wildman–Crippen LogP) is 2.86. The van der Waals surface area contributed by atoms with Crippen molar-refractivity contribution in [3.8, 4) is 0 Å². The molecule has 0 N–H and O–H groups in total. The number of aryl methyl sites for hydroxylation is 2. The Kier molecular flexibility index (Phi) is 4.20. The van der Waals surface area contributed by atoms with Crippen LogP contribution in [0.3, 0.4) is 0 Å². The molecule has 0 aromatic carbocycles. The first-order valence-electron chi connectivity index (χ1n) is 5.34. The molecule has 0 aliphatic carbocycles. The zero-order chi connectivity index (χ0) is 11.6. The molecule has 3 nitrogen and oxygen atoms in total. The molecule has 86 valence electrons. The average molecular weight is 274 g/mol. The Balaban J connectivity index is 3.11. The van der Waals surface area contributed by atoms with Crippen molar-refractivity contribution in [2.45, 2.75) is 38.6 Å². The highest BCUT2D eigenvalue weighted by molar-refractivity contribution is 9.08. The van der Waals surface area contributed by atoms with E-state index in [1.807, 2.05) is 11.7 Å². The summed E-state index contributed by atoms with van der Waals surface area (Å²) >= 11 is 3.53. The zero-order valence-electron chi connectivity index (χ0n) is 10.2. The van der Waals surface area contributed by atoms with Gasteiger partial charge in [0.05, 0.1) is 5.69 Å². The summed E-state index contributed by atoms with van der Waals surface area (Å²) in [6.45, 7) is 6.50. The maximum absolute atomic E-state index is 4.46. The van der Waals surface area contributed by atoms with Crippen LogP contribution in [0.1, 0.15) is 31.5 Å². The molecule has 4 heteroatoms. The molecule has 1 heterocycles. The zero-order valence-corrected chi connectivity index (χ0v) is 11.8. The predicted molar refractivity (Wildman–Crippen MR) is 68.7 cm³/mol. The second-order valence-electron chi connectivity index (χ2n) is 4.01. The van der Waals surface area contributed by atoms with E-state index in [0.29, 0.717) is 6.04 Å². The molecular weight excluding hydrogens is 254 g/mol. The van der Waals surface area contributed by atoms with E-state index in [1.54, 1.807) is 0 Å². The van der Waals surface area contributed by atoms with Crippen LogP contribution in [0.2, 0.25) is 0 Å². The van der Waals surface area contributed by atoms with E-state index in [9.17, 15) is 0 Å². The topological polar surface area (TPSA) is 21.1 Å². The molecule has 15 heavy (non-hydrogen) atoms. The second-order valence-corrected chi connectivity index (χ2v) is 4.57. The molecule has 0 bridgehead atoms. The lowest BCUT2D eigenvalue weighted by Crippen LogP contribution is -2.30. The Morgan fingerprint density at radius 2 is 2.13 bits per heavy atom. The largest absolute Gasteiger partial charge is 0.357 e. The Morgan fingerprint density at radius 3 is 2.60 bits per heavy atom. The molecule has 0 saturated carbocycles. The first kappa shape index (κ1) is 12.6. The summed E-state index contributed by atoms with van der Waals surface area (Å²) in [7, 11) is 4.14. The normalized spacial score (nSPS) is 12.9. The number of aromatic nitrogens is 2. The molecule has 0 spiro atoms. The van der Waals surface area contributed by atoms with Crippen LogP contribution in [-0.2, 0) is 12.4 Å². The van der Waals surface area contributed by atoms with Gasteiger partial charge in [0.1, 0.15) is 5.82 Å². The van der Waals surface area contributed by atoms with Crippen molar-refractivity contribution in [3.63, 3.8) is 0 Å². The molecule has 0 aliphatic heterocycles. The van der Waals surface area contributed by atoms with Gasteiger partial charge >= 0.3 is 0 Å². The molecule has 0 fully saturated rings. The van der Waals surface area contributed by atoms with E-state index in [-0.39, 0.29) is 0 Å². The Hall–Kier alpha value is -0.510. The lowest BCUT2D eigenvalue weighted by Gasteiger charge is -2.26. The van der Waals surface area contributed by atoms with Crippen LogP contribution in [0.15, 0.2) is 0 Å². The van der Waals surface area contributed by atoms with Crippen LogP contribution in [-0.4, -0.2) is 22.9 Å². The summed E-state index contributed by atoms with van der Waals surface area (Å²) in [5.74, 6) is 1.22. The summed E-state index contributed by atoms with van der Waals surface area (Å²) in [5.41, 5.74) is 2.40. The summed E-state index contributed by atoms with van der Waals surface area (Å²) in [5, 5.41) is 5.33. The van der Waals surface area contributed by atoms with Crippen LogP contribution < -0.4 is 4.90 Å². The van der Waals surface area contributed by atoms with Crippen LogP contribution in [0.4, 0.5) is 5.82 Å². The molecule has 0 amide bonds. The molecule has 1 atom stereocenters. The van der Waals surface area contributed by atoms with Crippen LogP contribution >= 0.6 is 15.9 Å². The van der Waals surface area contributed by atoms with Gasteiger partial charge in [-0.2, -0.15) is 5.10 Å². The van der Waals surface area contributed by atoms with Gasteiger partial charge in [0.25, 0.3) is 0 Å². The van der Waals surface area contributed by atoms with E-state index in [0.717, 1.165) is 17.4 Å². The standard InChI is InChI=1S/C11H20BrN3/c1-6-8(2)14(4)11-10(7-12)9(3)13-15(11)5/h8H,6-7H2,1-5H3.